The van der Waals surface area contributed by atoms with E-state index >= 15 is 0 Å². The zero-order chi connectivity index (χ0) is 13.6. The summed E-state index contributed by atoms with van der Waals surface area (Å²) in [6, 6.07) is 0. The van der Waals surface area contributed by atoms with Crippen LogP contribution in [0.15, 0.2) is 0 Å². The maximum Gasteiger partial charge on any atom is 0.325 e. The molecule has 0 spiro atoms. The minimum Gasteiger partial charge on any atom is -0.468 e. The second-order valence-electron chi connectivity index (χ2n) is 3.21. The molecule has 100 valence electrons. The lowest BCUT2D eigenvalue weighted by molar-refractivity contribution is -0.142. The smallest absolute Gasteiger partial charge is 0.325 e. The molecule has 8 heteroatoms. The summed E-state index contributed by atoms with van der Waals surface area (Å²) in [6.45, 7) is 2.42. The van der Waals surface area contributed by atoms with Crippen LogP contribution in [0.4, 0.5) is 0 Å². The quantitative estimate of drug-likeness (QED) is 0.595. The van der Waals surface area contributed by atoms with Gasteiger partial charge in [-0.3, -0.25) is 9.59 Å². The number of rotatable bonds is 6. The van der Waals surface area contributed by atoms with Crippen molar-refractivity contribution in [1.29, 1.82) is 0 Å². The van der Waals surface area contributed by atoms with Crippen molar-refractivity contribution in [3.05, 3.63) is 0 Å². The Labute approximate surface area is 101 Å². The molecule has 0 aromatic heterocycles. The molecule has 1 atom stereocenters. The highest BCUT2D eigenvalue weighted by Gasteiger charge is 2.34. The molecular formula is C9H17NO6S. The molecule has 17 heavy (non-hydrogen) atoms. The third kappa shape index (κ3) is 3.97. The molecule has 0 aliphatic carbocycles. The summed E-state index contributed by atoms with van der Waals surface area (Å²) in [7, 11) is -1.65. The van der Waals surface area contributed by atoms with Crippen molar-refractivity contribution in [3.63, 3.8) is 0 Å². The molecule has 0 radical (unpaired) electrons. The first kappa shape index (κ1) is 15.9. The predicted octanol–water partition coefficient (Wildman–Crippen LogP) is -0.627. The number of likely N-dealkylation sites (N-methyl/N-ethyl adjacent to an activating group) is 1. The lowest BCUT2D eigenvalue weighted by Crippen LogP contribution is -2.44. The van der Waals surface area contributed by atoms with Crippen LogP contribution in [0, 0.1) is 0 Å². The van der Waals surface area contributed by atoms with E-state index in [4.69, 9.17) is 0 Å². The van der Waals surface area contributed by atoms with Gasteiger partial charge >= 0.3 is 11.9 Å². The fourth-order valence-electron chi connectivity index (χ4n) is 1.10. The minimum absolute atomic E-state index is 0.0682. The van der Waals surface area contributed by atoms with Gasteiger partial charge in [0.15, 0.2) is 5.25 Å². The average Bonchev–Trinajstić information content (AvgIpc) is 2.32. The molecular weight excluding hydrogens is 250 g/mol. The Balaban J connectivity index is 4.99. The van der Waals surface area contributed by atoms with Crippen molar-refractivity contribution in [3.8, 4) is 0 Å². The Morgan fingerprint density at radius 1 is 1.24 bits per heavy atom. The van der Waals surface area contributed by atoms with Gasteiger partial charge in [0.05, 0.1) is 14.2 Å². The standard InChI is InChI=1S/C9H17NO6S/c1-5-10(6-8(11)15-3)17(13,14)7(2)9(12)16-4/h7H,5-6H2,1-4H3. The van der Waals surface area contributed by atoms with E-state index in [9.17, 15) is 18.0 Å². The highest BCUT2D eigenvalue weighted by Crippen LogP contribution is 2.10. The summed E-state index contributed by atoms with van der Waals surface area (Å²) in [4.78, 5) is 22.2. The number of esters is 2. The Morgan fingerprint density at radius 3 is 2.12 bits per heavy atom. The second kappa shape index (κ2) is 6.55. The molecule has 0 N–H and O–H groups in total. The molecule has 0 bridgehead atoms. The van der Waals surface area contributed by atoms with Gasteiger partial charge < -0.3 is 9.47 Å². The molecule has 0 amide bonds. The van der Waals surface area contributed by atoms with E-state index in [1.165, 1.54) is 6.92 Å². The summed E-state index contributed by atoms with van der Waals surface area (Å²) in [5.74, 6) is -1.55. The fraction of sp³-hybridized carbons (Fsp3) is 0.778. The van der Waals surface area contributed by atoms with Crippen molar-refractivity contribution in [2.45, 2.75) is 19.1 Å². The number of nitrogens with zero attached hydrogens (tertiary/aromatic N) is 1. The zero-order valence-electron chi connectivity index (χ0n) is 10.3. The van der Waals surface area contributed by atoms with Crippen LogP contribution in [-0.4, -0.2) is 57.2 Å². The van der Waals surface area contributed by atoms with Crippen LogP contribution in [0.25, 0.3) is 0 Å². The number of ether oxygens (including phenoxy) is 2. The number of carbonyl (C=O) groups is 2. The van der Waals surface area contributed by atoms with Gasteiger partial charge in [0.1, 0.15) is 6.54 Å². The molecule has 1 unspecified atom stereocenters. The molecule has 0 aliphatic rings. The van der Waals surface area contributed by atoms with Crippen LogP contribution in [0.3, 0.4) is 0 Å². The number of sulfonamides is 1. The average molecular weight is 267 g/mol. The Hall–Kier alpha value is -1.15. The number of carbonyl (C=O) groups excluding carboxylic acids is 2. The van der Waals surface area contributed by atoms with E-state index in [-0.39, 0.29) is 6.54 Å². The molecule has 0 rings (SSSR count). The van der Waals surface area contributed by atoms with E-state index in [1.807, 2.05) is 0 Å². The summed E-state index contributed by atoms with van der Waals surface area (Å²) in [5.41, 5.74) is 0. The Kier molecular flexibility index (Phi) is 6.11. The van der Waals surface area contributed by atoms with Gasteiger partial charge in [0.2, 0.25) is 10.0 Å². The van der Waals surface area contributed by atoms with E-state index in [0.717, 1.165) is 18.5 Å². The molecule has 7 nitrogen and oxygen atoms in total. The SMILES string of the molecule is CCN(CC(=O)OC)S(=O)(=O)C(C)C(=O)OC. The van der Waals surface area contributed by atoms with Gasteiger partial charge in [-0.25, -0.2) is 8.42 Å². The van der Waals surface area contributed by atoms with Crippen LogP contribution < -0.4 is 0 Å². The fourth-order valence-corrected chi connectivity index (χ4v) is 2.53. The molecule has 0 saturated heterocycles. The molecule has 0 saturated carbocycles. The molecule has 0 heterocycles. The van der Waals surface area contributed by atoms with Crippen molar-refractivity contribution in [2.75, 3.05) is 27.3 Å². The van der Waals surface area contributed by atoms with Gasteiger partial charge in [0, 0.05) is 6.54 Å². The van der Waals surface area contributed by atoms with Crippen LogP contribution >= 0.6 is 0 Å². The van der Waals surface area contributed by atoms with Crippen molar-refractivity contribution >= 4 is 22.0 Å². The summed E-state index contributed by atoms with van der Waals surface area (Å²) < 4.78 is 33.5. The number of hydrogen-bond acceptors (Lipinski definition) is 6. The monoisotopic (exact) mass is 267 g/mol. The van der Waals surface area contributed by atoms with E-state index < -0.39 is 33.8 Å². The first-order valence-electron chi connectivity index (χ1n) is 4.94. The summed E-state index contributed by atoms with van der Waals surface area (Å²) in [5, 5.41) is -1.35. The number of methoxy groups -OCH3 is 2. The zero-order valence-corrected chi connectivity index (χ0v) is 11.1. The van der Waals surface area contributed by atoms with E-state index in [0.29, 0.717) is 0 Å². The largest absolute Gasteiger partial charge is 0.468 e. The highest BCUT2D eigenvalue weighted by molar-refractivity contribution is 7.90. The third-order valence-electron chi connectivity index (χ3n) is 2.23. The van der Waals surface area contributed by atoms with Gasteiger partial charge in [0.25, 0.3) is 0 Å². The summed E-state index contributed by atoms with van der Waals surface area (Å²) in [6.07, 6.45) is 0. The van der Waals surface area contributed by atoms with Crippen molar-refractivity contribution in [1.82, 2.24) is 4.31 Å². The lowest BCUT2D eigenvalue weighted by Gasteiger charge is -2.22. The van der Waals surface area contributed by atoms with Crippen LogP contribution in [0.2, 0.25) is 0 Å². The highest BCUT2D eigenvalue weighted by atomic mass is 32.2. The lowest BCUT2D eigenvalue weighted by atomic mass is 10.5. The Morgan fingerprint density at radius 2 is 1.76 bits per heavy atom. The second-order valence-corrected chi connectivity index (χ2v) is 5.47. The van der Waals surface area contributed by atoms with Crippen LogP contribution in [-0.2, 0) is 29.1 Å². The van der Waals surface area contributed by atoms with Crippen molar-refractivity contribution in [2.24, 2.45) is 0 Å². The van der Waals surface area contributed by atoms with Gasteiger partial charge in [-0.15, -0.1) is 0 Å². The topological polar surface area (TPSA) is 90.0 Å². The van der Waals surface area contributed by atoms with Crippen LogP contribution in [0.5, 0.6) is 0 Å². The van der Waals surface area contributed by atoms with Gasteiger partial charge in [-0.05, 0) is 6.92 Å². The first-order valence-corrected chi connectivity index (χ1v) is 6.45. The maximum atomic E-state index is 11.9. The molecule has 0 aromatic rings. The van der Waals surface area contributed by atoms with Crippen LogP contribution in [0.1, 0.15) is 13.8 Å². The van der Waals surface area contributed by atoms with Crippen molar-refractivity contribution < 1.29 is 27.5 Å². The number of hydrogen-bond donors (Lipinski definition) is 0. The van der Waals surface area contributed by atoms with E-state index in [1.54, 1.807) is 6.92 Å². The van der Waals surface area contributed by atoms with Gasteiger partial charge in [-0.2, -0.15) is 4.31 Å². The Bertz CT molecular complexity index is 377. The predicted molar refractivity (Wildman–Crippen MR) is 59.7 cm³/mol. The third-order valence-corrected chi connectivity index (χ3v) is 4.42. The van der Waals surface area contributed by atoms with E-state index in [2.05, 4.69) is 9.47 Å². The summed E-state index contributed by atoms with van der Waals surface area (Å²) >= 11 is 0. The maximum absolute atomic E-state index is 11.9. The molecule has 0 aromatic carbocycles. The van der Waals surface area contributed by atoms with Gasteiger partial charge in [-0.1, -0.05) is 6.92 Å². The molecule has 0 aliphatic heterocycles. The molecule has 0 fully saturated rings. The minimum atomic E-state index is -3.91. The normalized spacial score (nSPS) is 13.2. The first-order chi connectivity index (χ1) is 7.81.